The van der Waals surface area contributed by atoms with Crippen molar-refractivity contribution in [3.63, 3.8) is 0 Å². The van der Waals surface area contributed by atoms with Gasteiger partial charge in [-0.2, -0.15) is 8.42 Å². The number of benzene rings is 1. The highest BCUT2D eigenvalue weighted by atomic mass is 79.9. The van der Waals surface area contributed by atoms with E-state index in [1.54, 1.807) is 0 Å². The Balaban J connectivity index is 0.000000338. The van der Waals surface area contributed by atoms with Crippen LogP contribution in [0.4, 0.5) is 0 Å². The van der Waals surface area contributed by atoms with Gasteiger partial charge in [0.25, 0.3) is 10.1 Å². The molecular weight excluding hydrogens is 390 g/mol. The maximum absolute atomic E-state index is 11.5. The van der Waals surface area contributed by atoms with Gasteiger partial charge in [-0.15, -0.1) is 0 Å². The molecule has 1 aromatic carbocycles. The molecule has 3 rings (SSSR count). The van der Waals surface area contributed by atoms with Crippen molar-refractivity contribution in [2.45, 2.75) is 13.0 Å². The third kappa shape index (κ3) is 4.50. The molecule has 0 saturated carbocycles. The number of aromatic amines is 2. The number of halogens is 1. The van der Waals surface area contributed by atoms with Crippen LogP contribution < -0.4 is 11.1 Å². The first-order valence-corrected chi connectivity index (χ1v) is 9.28. The van der Waals surface area contributed by atoms with Crippen molar-refractivity contribution in [2.24, 2.45) is 0 Å². The van der Waals surface area contributed by atoms with Crippen LogP contribution in [0.3, 0.4) is 0 Å². The van der Waals surface area contributed by atoms with Crippen molar-refractivity contribution in [3.8, 4) is 0 Å². The zero-order valence-electron chi connectivity index (χ0n) is 12.5. The molecule has 0 aliphatic carbocycles. The van der Waals surface area contributed by atoms with Crippen LogP contribution in [0.25, 0.3) is 11.0 Å². The SMILES string of the molecule is CN1CCc2c(Br)cc3[nH]c(=O)c(=O)[nH]c3c2C1.CS(=O)(=O)O. The lowest BCUT2D eigenvalue weighted by Gasteiger charge is -2.26. The molecule has 8 nitrogen and oxygen atoms in total. The highest BCUT2D eigenvalue weighted by molar-refractivity contribution is 9.10. The number of likely N-dealkylation sites (N-methyl/N-ethyl adjacent to an activating group) is 1. The van der Waals surface area contributed by atoms with Crippen molar-refractivity contribution in [1.82, 2.24) is 14.9 Å². The maximum atomic E-state index is 11.5. The van der Waals surface area contributed by atoms with Crippen LogP contribution in [-0.2, 0) is 23.1 Å². The Morgan fingerprint density at radius 3 is 2.39 bits per heavy atom. The third-order valence-electron chi connectivity index (χ3n) is 3.36. The monoisotopic (exact) mass is 405 g/mol. The smallest absolute Gasteiger partial charge is 0.314 e. The summed E-state index contributed by atoms with van der Waals surface area (Å²) in [6.45, 7) is 1.76. The van der Waals surface area contributed by atoms with E-state index in [1.165, 1.54) is 5.56 Å². The molecule has 0 bridgehead atoms. The molecule has 1 aromatic heterocycles. The molecule has 0 unspecified atom stereocenters. The van der Waals surface area contributed by atoms with E-state index < -0.39 is 21.2 Å². The molecule has 0 radical (unpaired) electrons. The largest absolute Gasteiger partial charge is 0.316 e. The number of aromatic nitrogens is 2. The van der Waals surface area contributed by atoms with E-state index in [2.05, 4.69) is 30.8 Å². The fourth-order valence-corrected chi connectivity index (χ4v) is 3.10. The molecule has 10 heteroatoms. The van der Waals surface area contributed by atoms with Gasteiger partial charge in [-0.3, -0.25) is 14.1 Å². The van der Waals surface area contributed by atoms with E-state index in [0.717, 1.165) is 35.1 Å². The van der Waals surface area contributed by atoms with Crippen molar-refractivity contribution >= 4 is 37.1 Å². The van der Waals surface area contributed by atoms with Crippen molar-refractivity contribution in [1.29, 1.82) is 0 Å². The Bertz CT molecular complexity index is 956. The first-order chi connectivity index (χ1) is 10.6. The lowest BCUT2D eigenvalue weighted by atomic mass is 9.98. The predicted octanol–water partition coefficient (Wildman–Crippen LogP) is 0.471. The average Bonchev–Trinajstić information content (AvgIpc) is 2.39. The molecule has 0 spiro atoms. The Morgan fingerprint density at radius 1 is 1.22 bits per heavy atom. The van der Waals surface area contributed by atoms with Crippen LogP contribution in [0.15, 0.2) is 20.1 Å². The lowest BCUT2D eigenvalue weighted by molar-refractivity contribution is 0.314. The zero-order valence-corrected chi connectivity index (χ0v) is 14.9. The van der Waals surface area contributed by atoms with Gasteiger partial charge in [0.05, 0.1) is 17.3 Å². The van der Waals surface area contributed by atoms with Gasteiger partial charge in [0.2, 0.25) is 0 Å². The van der Waals surface area contributed by atoms with E-state index >= 15 is 0 Å². The molecule has 0 atom stereocenters. The maximum Gasteiger partial charge on any atom is 0.314 e. The first-order valence-electron chi connectivity index (χ1n) is 6.64. The number of nitrogens with one attached hydrogen (secondary N) is 2. The zero-order chi connectivity index (χ0) is 17.4. The Hall–Kier alpha value is -1.49. The standard InChI is InChI=1S/C12H12BrN3O2.CH4O3S/c1-16-3-2-6-7(5-16)10-9(4-8(6)13)14-11(17)12(18)15-10;1-5(2,3)4/h4H,2-3,5H2,1H3,(H,14,17)(H,15,18);1H3,(H,2,3,4). The normalized spacial score (nSPS) is 15.0. The summed E-state index contributed by atoms with van der Waals surface area (Å²) in [5.74, 6) is 0. The van der Waals surface area contributed by atoms with E-state index in [1.807, 2.05) is 13.1 Å². The second-order valence-electron chi connectivity index (χ2n) is 5.37. The Labute approximate surface area is 140 Å². The van der Waals surface area contributed by atoms with Crippen LogP contribution in [0.5, 0.6) is 0 Å². The number of nitrogens with zero attached hydrogens (tertiary/aromatic N) is 1. The van der Waals surface area contributed by atoms with E-state index in [9.17, 15) is 18.0 Å². The van der Waals surface area contributed by atoms with E-state index in [0.29, 0.717) is 11.8 Å². The van der Waals surface area contributed by atoms with E-state index in [-0.39, 0.29) is 0 Å². The molecule has 2 heterocycles. The van der Waals surface area contributed by atoms with Gasteiger partial charge in [0.15, 0.2) is 0 Å². The van der Waals surface area contributed by atoms with Gasteiger partial charge in [-0.1, -0.05) is 15.9 Å². The minimum absolute atomic E-state index is 0.597. The van der Waals surface area contributed by atoms with Crippen molar-refractivity contribution in [3.05, 3.63) is 42.4 Å². The van der Waals surface area contributed by atoms with Gasteiger partial charge < -0.3 is 14.9 Å². The van der Waals surface area contributed by atoms with Gasteiger partial charge in [-0.05, 0) is 30.7 Å². The minimum atomic E-state index is -3.67. The molecule has 1 aliphatic rings. The third-order valence-corrected chi connectivity index (χ3v) is 4.07. The van der Waals surface area contributed by atoms with Gasteiger partial charge in [-0.25, -0.2) is 0 Å². The van der Waals surface area contributed by atoms with Crippen molar-refractivity contribution in [2.75, 3.05) is 19.8 Å². The van der Waals surface area contributed by atoms with Crippen LogP contribution in [0.2, 0.25) is 0 Å². The van der Waals surface area contributed by atoms with Gasteiger partial charge in [0.1, 0.15) is 0 Å². The molecular formula is C13H16BrN3O5S. The topological polar surface area (TPSA) is 123 Å². The molecule has 23 heavy (non-hydrogen) atoms. The number of hydrogen-bond donors (Lipinski definition) is 3. The highest BCUT2D eigenvalue weighted by Crippen LogP contribution is 2.30. The molecule has 0 saturated heterocycles. The first kappa shape index (κ1) is 17.9. The van der Waals surface area contributed by atoms with Crippen LogP contribution in [0.1, 0.15) is 11.1 Å². The average molecular weight is 406 g/mol. The number of H-pyrrole nitrogens is 2. The summed E-state index contributed by atoms with van der Waals surface area (Å²) < 4.78 is 26.9. The summed E-state index contributed by atoms with van der Waals surface area (Å²) in [7, 11) is -1.63. The quantitative estimate of drug-likeness (QED) is 0.432. The summed E-state index contributed by atoms with van der Waals surface area (Å²) in [6, 6.07) is 1.86. The summed E-state index contributed by atoms with van der Waals surface area (Å²) in [5.41, 5.74) is 2.49. The Morgan fingerprint density at radius 2 is 1.78 bits per heavy atom. The molecule has 0 fully saturated rings. The van der Waals surface area contributed by atoms with Crippen molar-refractivity contribution < 1.29 is 13.0 Å². The lowest BCUT2D eigenvalue weighted by Crippen LogP contribution is -2.31. The summed E-state index contributed by atoms with van der Waals surface area (Å²) >= 11 is 3.53. The number of fused-ring (bicyclic) bond motifs is 3. The predicted molar refractivity (Wildman–Crippen MR) is 90.4 cm³/mol. The van der Waals surface area contributed by atoms with Crippen LogP contribution in [-0.4, -0.2) is 47.7 Å². The second-order valence-corrected chi connectivity index (χ2v) is 7.69. The minimum Gasteiger partial charge on any atom is -0.316 e. The molecule has 2 aromatic rings. The van der Waals surface area contributed by atoms with Crippen LogP contribution >= 0.6 is 15.9 Å². The Kier molecular flexibility index (Phi) is 5.09. The van der Waals surface area contributed by atoms with Gasteiger partial charge in [0, 0.05) is 17.6 Å². The fourth-order valence-electron chi connectivity index (χ4n) is 2.43. The number of hydrogen-bond acceptors (Lipinski definition) is 5. The van der Waals surface area contributed by atoms with Crippen LogP contribution in [0, 0.1) is 0 Å². The highest BCUT2D eigenvalue weighted by Gasteiger charge is 2.19. The summed E-state index contributed by atoms with van der Waals surface area (Å²) in [4.78, 5) is 30.3. The summed E-state index contributed by atoms with van der Waals surface area (Å²) in [6.07, 6.45) is 1.65. The fraction of sp³-hybridized carbons (Fsp3) is 0.385. The second kappa shape index (κ2) is 6.56. The molecule has 1 aliphatic heterocycles. The van der Waals surface area contributed by atoms with Gasteiger partial charge >= 0.3 is 11.1 Å². The molecule has 3 N–H and O–H groups in total. The molecule has 126 valence electrons. The molecule has 0 amide bonds. The van der Waals surface area contributed by atoms with E-state index in [4.69, 9.17) is 4.55 Å². The number of rotatable bonds is 0. The summed E-state index contributed by atoms with van der Waals surface area (Å²) in [5, 5.41) is 0.